The number of hydrogen-bond donors (Lipinski definition) is 1. The van der Waals surface area contributed by atoms with Crippen molar-refractivity contribution in [3.8, 4) is 0 Å². The molecule has 2 aliphatic heterocycles. The third-order valence-electron chi connectivity index (χ3n) is 18.3. The number of ketones is 2. The van der Waals surface area contributed by atoms with Gasteiger partial charge >= 0.3 is 114 Å². The van der Waals surface area contributed by atoms with Gasteiger partial charge in [0.2, 0.25) is 0 Å². The first kappa shape index (κ1) is 63.6. The molecule has 7 atom stereocenters. The quantitative estimate of drug-likeness (QED) is 0.150. The summed E-state index contributed by atoms with van der Waals surface area (Å²) in [4.78, 5) is 34.2. The molecule has 3 heterocycles. The van der Waals surface area contributed by atoms with Gasteiger partial charge in [-0.1, -0.05) is 72.7 Å². The van der Waals surface area contributed by atoms with Gasteiger partial charge in [0.1, 0.15) is 11.6 Å². The average molecular weight is 1810 g/mol. The predicted molar refractivity (Wildman–Crippen MR) is 347 cm³/mol. The number of fused-ring (bicyclic) bond motifs is 3. The van der Waals surface area contributed by atoms with E-state index in [2.05, 4.69) is 292 Å². The Balaban J connectivity index is 0.000000237. The Morgan fingerprint density at radius 2 is 1.15 bits per heavy atom. The number of aryl methyl sites for hydroxylation is 3. The summed E-state index contributed by atoms with van der Waals surface area (Å²) in [5.41, 5.74) is 14.9. The van der Waals surface area contributed by atoms with E-state index >= 15 is 0 Å². The van der Waals surface area contributed by atoms with Crippen LogP contribution in [0.2, 0.25) is 0 Å². The fraction of sp³-hybridized carbons (Fsp3) is 0.654. The van der Waals surface area contributed by atoms with Crippen molar-refractivity contribution in [1.82, 2.24) is 9.80 Å². The maximum atomic E-state index is 13.6. The maximum absolute atomic E-state index is 13.6. The minimum absolute atomic E-state index is 0.0386. The van der Waals surface area contributed by atoms with Crippen LogP contribution in [0.4, 0.5) is 0 Å². The Morgan fingerprint density at radius 3 is 1.55 bits per heavy atom. The molecule has 4 aliphatic carbocycles. The van der Waals surface area contributed by atoms with Crippen LogP contribution in [0.5, 0.6) is 0 Å². The zero-order valence-electron chi connectivity index (χ0n) is 42.5. The number of thiophene rings is 1. The molecule has 0 spiro atoms. The van der Waals surface area contributed by atoms with Crippen LogP contribution in [0.1, 0.15) is 140 Å². The molecular weight excluding hydrogens is 1740 g/mol. The molecule has 375 valence electrons. The molecule has 0 N–H and O–H groups in total. The van der Waals surface area contributed by atoms with Crippen LogP contribution in [-0.2, 0) is 59.5 Å². The number of rotatable bonds is 1. The number of halogens is 7. The molecule has 15 heteroatoms. The van der Waals surface area contributed by atoms with E-state index in [0.29, 0.717) is 28.0 Å². The molecule has 2 aromatic carbocycles. The second kappa shape index (κ2) is 25.2. The molecule has 4 bridgehead atoms. The van der Waals surface area contributed by atoms with Crippen LogP contribution in [0, 0.1) is 63.7 Å². The molecule has 1 aromatic heterocycles. The van der Waals surface area contributed by atoms with Gasteiger partial charge in [-0.2, -0.15) is 12.6 Å². The van der Waals surface area contributed by atoms with Crippen molar-refractivity contribution < 1.29 is 24.0 Å². The molecule has 3 aromatic rings. The van der Waals surface area contributed by atoms with Crippen LogP contribution in [0.3, 0.4) is 0 Å². The number of carbonyl (C=O) groups is 2. The number of likely N-dealkylation sites (tertiary alicyclic amines) is 2. The van der Waals surface area contributed by atoms with Gasteiger partial charge in [0.25, 0.3) is 0 Å². The number of Topliss-reactive ketones (excluding diaryl/α,β-unsaturated/α-hetero) is 2. The fourth-order valence-electron chi connectivity index (χ4n) is 15.1. The summed E-state index contributed by atoms with van der Waals surface area (Å²) in [6, 6.07) is 10.4. The van der Waals surface area contributed by atoms with Gasteiger partial charge in [-0.25, -0.2) is 0 Å². The van der Waals surface area contributed by atoms with Gasteiger partial charge in [0, 0.05) is 80.7 Å². The van der Waals surface area contributed by atoms with Crippen molar-refractivity contribution in [1.29, 1.82) is 0 Å². The van der Waals surface area contributed by atoms with E-state index in [9.17, 15) is 9.59 Å². The Labute approximate surface area is 506 Å². The van der Waals surface area contributed by atoms with Crippen molar-refractivity contribution in [3.05, 3.63) is 89.7 Å². The Morgan fingerprint density at radius 1 is 0.761 bits per heavy atom. The molecular formula is C52H74I7N2O2S2V2. The third kappa shape index (κ3) is 11.0. The molecule has 67 heavy (non-hydrogen) atoms. The van der Waals surface area contributed by atoms with Crippen LogP contribution in [0.15, 0.2) is 24.3 Å². The fourth-order valence-corrected chi connectivity index (χ4v) is 16.4. The van der Waals surface area contributed by atoms with Gasteiger partial charge in [-0.15, -0.1) is 11.3 Å². The summed E-state index contributed by atoms with van der Waals surface area (Å²) < 4.78 is 0. The van der Waals surface area contributed by atoms with Crippen molar-refractivity contribution in [2.75, 3.05) is 32.9 Å². The van der Waals surface area contributed by atoms with E-state index < -0.39 is 11.3 Å². The molecule has 9 rings (SSSR count). The number of piperidine rings is 2. The zero-order valence-corrected chi connectivity index (χ0v) is 62.1. The number of thiol groups is 1. The van der Waals surface area contributed by atoms with E-state index in [1.165, 1.54) is 58.5 Å². The average Bonchev–Trinajstić information content (AvgIpc) is 3.52. The summed E-state index contributed by atoms with van der Waals surface area (Å²) in [5, 5.41) is 0. The molecule has 0 radical (unpaired) electrons. The molecule has 0 amide bonds. The van der Waals surface area contributed by atoms with Crippen LogP contribution in [0.25, 0.3) is 0 Å². The number of benzene rings is 2. The zero-order chi connectivity index (χ0) is 51.2. The first-order chi connectivity index (χ1) is 31.1. The molecule has 3 unspecified atom stereocenters. The SMILES string of the molecule is CC(=O)C1C[C@@]2(C)C3Cc4ccc(C)c(C)c4[C@@]2(CCN3C)C(C)(C)C1=O.CCS.Cc1ccc2c(c1C)[C@]13CCN(C)C(C2)[C@]1(C)Cc1c(sc(C)c1C)C3(C)C.II.[I][V]([I])[I].[I][V][I]. The standard InChI is InChI=1S/C26H35NS.C24H33NO2.C2H6S.I2.5HI.2V/c1-15-9-10-19-13-21-25(7)14-20-17(3)18(4)28-23(20)24(5,6)26(25,11-12-27(21)8)22(19)16(15)2;1-14-8-9-17-12-19-23(6)13-18(16(3)26)21(27)22(4,5)24(23,10-11-25(19)7)20(17)15(14)2;1-2-3;1-2;;;;;;;/h9-10,21H,11-14H2,1-8H3;8-9,18-19H,10-13H2,1-7H3;3H,2H2,1H3;;5*1H;;/q;;;;;;;;;+2;+3/p-5/t21?,25-,26-;18?,19?,23-,24-;;;;;;;;;/m00........./s1. The van der Waals surface area contributed by atoms with Crippen molar-refractivity contribution in [2.45, 2.75) is 164 Å². The van der Waals surface area contributed by atoms with E-state index in [0.717, 1.165) is 25.1 Å². The van der Waals surface area contributed by atoms with Gasteiger partial charge in [-0.05, 0) is 186 Å². The van der Waals surface area contributed by atoms with Gasteiger partial charge < -0.3 is 9.80 Å². The second-order valence-corrected chi connectivity index (χ2v) is 70.5. The normalized spacial score (nSPS) is 30.1. The summed E-state index contributed by atoms with van der Waals surface area (Å²) in [6.07, 6.45) is 6.41. The van der Waals surface area contributed by atoms with Gasteiger partial charge in [0.05, 0.1) is 5.92 Å². The van der Waals surface area contributed by atoms with Crippen LogP contribution in [-0.4, -0.2) is 66.4 Å². The molecule has 1 saturated carbocycles. The number of hydrogen-bond acceptors (Lipinski definition) is 6. The van der Waals surface area contributed by atoms with Crippen molar-refractivity contribution >= 4 is 173 Å². The Hall–Kier alpha value is 4.03. The number of nitrogens with zero attached hydrogens (tertiary/aromatic N) is 2. The Bertz CT molecular complexity index is 2290. The van der Waals surface area contributed by atoms with E-state index in [1.807, 2.05) is 6.92 Å². The molecule has 2 saturated heterocycles. The minimum atomic E-state index is -0.552. The summed E-state index contributed by atoms with van der Waals surface area (Å²) in [5.74, 6) is 0.681. The predicted octanol–water partition coefficient (Wildman–Crippen LogP) is 17.2. The summed E-state index contributed by atoms with van der Waals surface area (Å²) in [6.45, 7) is 34.1. The number of carbonyl (C=O) groups excluding carboxylic acids is 2. The second-order valence-electron chi connectivity index (χ2n) is 21.5. The molecule has 6 aliphatic rings. The summed E-state index contributed by atoms with van der Waals surface area (Å²) in [7, 11) is 5.22. The van der Waals surface area contributed by atoms with Gasteiger partial charge in [0.15, 0.2) is 0 Å². The van der Waals surface area contributed by atoms with E-state index in [4.69, 9.17) is 0 Å². The van der Waals surface area contributed by atoms with E-state index in [1.54, 1.807) is 39.6 Å². The van der Waals surface area contributed by atoms with Crippen LogP contribution < -0.4 is 0 Å². The monoisotopic (exact) mass is 1810 g/mol. The van der Waals surface area contributed by atoms with Crippen molar-refractivity contribution in [2.24, 2.45) is 22.2 Å². The molecule has 3 fully saturated rings. The first-order valence-corrected chi connectivity index (χ1v) is 53.6. The molecule has 4 nitrogen and oxygen atoms in total. The first-order valence-electron chi connectivity index (χ1n) is 23.3. The summed E-state index contributed by atoms with van der Waals surface area (Å²) >= 11 is 22.2. The Kier molecular flexibility index (Phi) is 23.9. The third-order valence-corrected chi connectivity index (χ3v) is 19.9. The number of likely N-dealkylation sites (N-methyl/N-ethyl adjacent to an activating group) is 2. The van der Waals surface area contributed by atoms with Gasteiger partial charge in [-0.3, -0.25) is 9.59 Å². The van der Waals surface area contributed by atoms with Crippen molar-refractivity contribution in [3.63, 3.8) is 0 Å². The van der Waals surface area contributed by atoms with Crippen LogP contribution >= 0.6 is 161 Å². The van der Waals surface area contributed by atoms with E-state index in [-0.39, 0.29) is 43.6 Å². The topological polar surface area (TPSA) is 40.6 Å².